The summed E-state index contributed by atoms with van der Waals surface area (Å²) in [5.41, 5.74) is 1.03. The third-order valence-electron chi connectivity index (χ3n) is 2.27. The van der Waals surface area contributed by atoms with Crippen LogP contribution in [0.5, 0.6) is 0 Å². The van der Waals surface area contributed by atoms with E-state index in [4.69, 9.17) is 0 Å². The Balaban J connectivity index is 1.95. The molecule has 0 aliphatic carbocycles. The first-order valence-electron chi connectivity index (χ1n) is 5.18. The van der Waals surface area contributed by atoms with Gasteiger partial charge in [0, 0.05) is 23.3 Å². The number of nitrogens with one attached hydrogen (secondary N) is 2. The monoisotopic (exact) mass is 248 g/mol. The maximum atomic E-state index is 11.4. The molecule has 0 bridgehead atoms. The minimum absolute atomic E-state index is 0.311. The lowest BCUT2D eigenvalue weighted by molar-refractivity contribution is 1.00. The first kappa shape index (κ1) is 11.7. The van der Waals surface area contributed by atoms with Crippen LogP contribution in [-0.2, 0) is 11.5 Å². The molecule has 1 aromatic heterocycles. The van der Waals surface area contributed by atoms with E-state index < -0.39 is 5.69 Å². The molecule has 0 aliphatic rings. The molecule has 17 heavy (non-hydrogen) atoms. The van der Waals surface area contributed by atoms with Crippen LogP contribution >= 0.6 is 11.8 Å². The minimum atomic E-state index is -0.466. The number of hydrogen-bond acceptors (Lipinski definition) is 3. The summed E-state index contributed by atoms with van der Waals surface area (Å²) >= 11 is 1.64. The van der Waals surface area contributed by atoms with Crippen LogP contribution in [0, 0.1) is 0 Å². The van der Waals surface area contributed by atoms with E-state index in [1.807, 2.05) is 30.3 Å². The molecule has 0 amide bonds. The van der Waals surface area contributed by atoms with Crippen molar-refractivity contribution in [3.05, 3.63) is 68.5 Å². The topological polar surface area (TPSA) is 65.7 Å². The summed E-state index contributed by atoms with van der Waals surface area (Å²) in [6, 6.07) is 10.0. The van der Waals surface area contributed by atoms with E-state index in [1.165, 1.54) is 11.8 Å². The molecule has 4 nitrogen and oxygen atoms in total. The van der Waals surface area contributed by atoms with Crippen LogP contribution in [-0.4, -0.2) is 9.97 Å². The predicted octanol–water partition coefficient (Wildman–Crippen LogP) is 1.50. The van der Waals surface area contributed by atoms with Crippen LogP contribution in [0.3, 0.4) is 0 Å². The second-order valence-electron chi connectivity index (χ2n) is 3.58. The van der Waals surface area contributed by atoms with Gasteiger partial charge in [0.25, 0.3) is 5.56 Å². The lowest BCUT2D eigenvalue weighted by Crippen LogP contribution is -2.24. The first-order valence-corrected chi connectivity index (χ1v) is 6.34. The maximum Gasteiger partial charge on any atom is 0.325 e. The smallest absolute Gasteiger partial charge is 0.314 e. The molecule has 0 fully saturated rings. The number of rotatable bonds is 4. The molecule has 0 saturated heterocycles. The average molecular weight is 248 g/mol. The molecule has 1 aromatic carbocycles. The van der Waals surface area contributed by atoms with E-state index in [0.717, 1.165) is 5.75 Å². The molecule has 0 spiro atoms. The molecule has 2 aromatic rings. The molecule has 88 valence electrons. The van der Waals surface area contributed by atoms with E-state index in [1.54, 1.807) is 11.8 Å². The highest BCUT2D eigenvalue weighted by molar-refractivity contribution is 7.97. The summed E-state index contributed by atoms with van der Waals surface area (Å²) in [6.07, 6.45) is 1.47. The van der Waals surface area contributed by atoms with Gasteiger partial charge in [-0.05, 0) is 5.56 Å². The fourth-order valence-electron chi connectivity index (χ4n) is 1.40. The van der Waals surface area contributed by atoms with Crippen LogP contribution in [0.2, 0.25) is 0 Å². The van der Waals surface area contributed by atoms with Gasteiger partial charge in [0.1, 0.15) is 0 Å². The van der Waals surface area contributed by atoms with Crippen LogP contribution in [0.25, 0.3) is 0 Å². The third kappa shape index (κ3) is 3.35. The van der Waals surface area contributed by atoms with Crippen molar-refractivity contribution in [3.63, 3.8) is 0 Å². The summed E-state index contributed by atoms with van der Waals surface area (Å²) in [5.74, 6) is 1.43. The van der Waals surface area contributed by atoms with Gasteiger partial charge in [-0.2, -0.15) is 11.8 Å². The molecule has 0 saturated carbocycles. The van der Waals surface area contributed by atoms with Crippen LogP contribution < -0.4 is 11.2 Å². The molecular weight excluding hydrogens is 236 g/mol. The fourth-order valence-corrected chi connectivity index (χ4v) is 2.36. The highest BCUT2D eigenvalue weighted by Gasteiger charge is 2.00. The van der Waals surface area contributed by atoms with Crippen molar-refractivity contribution in [2.75, 3.05) is 0 Å². The Morgan fingerprint density at radius 1 is 1.06 bits per heavy atom. The summed E-state index contributed by atoms with van der Waals surface area (Å²) in [5, 5.41) is 0. The third-order valence-corrected chi connectivity index (χ3v) is 3.32. The SMILES string of the molecule is O=c1[nH]cc(CSCc2ccccc2)c(=O)[nH]1. The summed E-state index contributed by atoms with van der Waals surface area (Å²) < 4.78 is 0. The highest BCUT2D eigenvalue weighted by atomic mass is 32.2. The second-order valence-corrected chi connectivity index (χ2v) is 4.56. The van der Waals surface area contributed by atoms with Crippen molar-refractivity contribution >= 4 is 11.8 Å². The Bertz CT molecular complexity index is 589. The molecule has 0 atom stereocenters. The van der Waals surface area contributed by atoms with Crippen molar-refractivity contribution in [3.8, 4) is 0 Å². The van der Waals surface area contributed by atoms with E-state index >= 15 is 0 Å². The van der Waals surface area contributed by atoms with Gasteiger partial charge in [0.2, 0.25) is 0 Å². The Hall–Kier alpha value is -1.75. The number of benzene rings is 1. The van der Waals surface area contributed by atoms with Crippen LogP contribution in [0.4, 0.5) is 0 Å². The quantitative estimate of drug-likeness (QED) is 0.861. The number of hydrogen-bond donors (Lipinski definition) is 2. The van der Waals surface area contributed by atoms with Crippen molar-refractivity contribution in [2.24, 2.45) is 0 Å². The van der Waals surface area contributed by atoms with Gasteiger partial charge >= 0.3 is 5.69 Å². The minimum Gasteiger partial charge on any atom is -0.314 e. The molecule has 5 heteroatoms. The maximum absolute atomic E-state index is 11.4. The number of aromatic nitrogens is 2. The van der Waals surface area contributed by atoms with Crippen LogP contribution in [0.1, 0.15) is 11.1 Å². The molecular formula is C12H12N2O2S. The molecule has 0 unspecified atom stereocenters. The zero-order valence-electron chi connectivity index (χ0n) is 9.10. The molecule has 1 heterocycles. The van der Waals surface area contributed by atoms with Crippen molar-refractivity contribution in [2.45, 2.75) is 11.5 Å². The zero-order valence-corrected chi connectivity index (χ0v) is 9.92. The Morgan fingerprint density at radius 2 is 1.82 bits per heavy atom. The van der Waals surface area contributed by atoms with Gasteiger partial charge in [-0.25, -0.2) is 4.79 Å². The predicted molar refractivity (Wildman–Crippen MR) is 69.1 cm³/mol. The lowest BCUT2D eigenvalue weighted by Gasteiger charge is -2.01. The lowest BCUT2D eigenvalue weighted by atomic mass is 10.2. The number of thioether (sulfide) groups is 1. The summed E-state index contributed by atoms with van der Waals surface area (Å²) in [4.78, 5) is 26.9. The van der Waals surface area contributed by atoms with Gasteiger partial charge in [-0.1, -0.05) is 30.3 Å². The average Bonchev–Trinajstić information content (AvgIpc) is 2.33. The van der Waals surface area contributed by atoms with E-state index in [2.05, 4.69) is 9.97 Å². The van der Waals surface area contributed by atoms with E-state index in [0.29, 0.717) is 11.3 Å². The van der Waals surface area contributed by atoms with Gasteiger partial charge in [-0.3, -0.25) is 9.78 Å². The summed E-state index contributed by atoms with van der Waals surface area (Å²) in [7, 11) is 0. The van der Waals surface area contributed by atoms with Crippen molar-refractivity contribution < 1.29 is 0 Å². The fraction of sp³-hybridized carbons (Fsp3) is 0.167. The van der Waals surface area contributed by atoms with Crippen LogP contribution in [0.15, 0.2) is 46.1 Å². The van der Waals surface area contributed by atoms with E-state index in [9.17, 15) is 9.59 Å². The number of aromatic amines is 2. The Labute approximate surface area is 102 Å². The van der Waals surface area contributed by atoms with Gasteiger partial charge < -0.3 is 4.98 Å². The number of H-pyrrole nitrogens is 2. The van der Waals surface area contributed by atoms with Crippen molar-refractivity contribution in [1.29, 1.82) is 0 Å². The molecule has 2 rings (SSSR count). The van der Waals surface area contributed by atoms with Gasteiger partial charge in [0.05, 0.1) is 0 Å². The molecule has 2 N–H and O–H groups in total. The van der Waals surface area contributed by atoms with Crippen molar-refractivity contribution in [1.82, 2.24) is 9.97 Å². The van der Waals surface area contributed by atoms with Gasteiger partial charge in [0.15, 0.2) is 0 Å². The second kappa shape index (κ2) is 5.54. The first-order chi connectivity index (χ1) is 8.25. The van der Waals surface area contributed by atoms with Gasteiger partial charge in [-0.15, -0.1) is 0 Å². The Morgan fingerprint density at radius 3 is 2.53 bits per heavy atom. The standard InChI is InChI=1S/C12H12N2O2S/c15-11-10(6-13-12(16)14-11)8-17-7-9-4-2-1-3-5-9/h1-6H,7-8H2,(H2,13,14,15,16). The Kier molecular flexibility index (Phi) is 3.82. The molecule has 0 radical (unpaired) electrons. The summed E-state index contributed by atoms with van der Waals surface area (Å²) in [6.45, 7) is 0. The largest absolute Gasteiger partial charge is 0.325 e. The normalized spacial score (nSPS) is 10.4. The molecule has 0 aliphatic heterocycles. The zero-order chi connectivity index (χ0) is 12.1. The van der Waals surface area contributed by atoms with E-state index in [-0.39, 0.29) is 5.56 Å². The highest BCUT2D eigenvalue weighted by Crippen LogP contribution is 2.14.